The SMILES string of the molecule is C=CCc1cc(C=c2sc3nc4ccccc4n3c2=O)cc(OCC)c1OCc1ccc(Cl)cc1. The van der Waals surface area contributed by atoms with Crippen molar-refractivity contribution in [3.63, 3.8) is 0 Å². The zero-order chi connectivity index (χ0) is 24.4. The van der Waals surface area contributed by atoms with Gasteiger partial charge < -0.3 is 9.47 Å². The highest BCUT2D eigenvalue weighted by Gasteiger charge is 2.15. The molecule has 7 heteroatoms. The summed E-state index contributed by atoms with van der Waals surface area (Å²) in [5, 5.41) is 0.683. The van der Waals surface area contributed by atoms with Crippen LogP contribution < -0.4 is 19.6 Å². The van der Waals surface area contributed by atoms with Crippen LogP contribution in [0.4, 0.5) is 0 Å². The molecule has 0 aliphatic carbocycles. The summed E-state index contributed by atoms with van der Waals surface area (Å²) < 4.78 is 14.4. The van der Waals surface area contributed by atoms with Gasteiger partial charge in [0.1, 0.15) is 6.61 Å². The third-order valence-corrected chi connectivity index (χ3v) is 6.78. The Morgan fingerprint density at radius 1 is 1.11 bits per heavy atom. The summed E-state index contributed by atoms with van der Waals surface area (Å²) in [5.74, 6) is 1.31. The molecule has 0 fully saturated rings. The minimum atomic E-state index is -0.0787. The van der Waals surface area contributed by atoms with Crippen molar-refractivity contribution in [2.75, 3.05) is 6.61 Å². The Bertz CT molecular complexity index is 1640. The molecule has 0 aliphatic heterocycles. The van der Waals surface area contributed by atoms with Crippen molar-refractivity contribution in [2.45, 2.75) is 20.0 Å². The molecule has 0 spiro atoms. The first kappa shape index (κ1) is 23.1. The molecule has 0 radical (unpaired) electrons. The van der Waals surface area contributed by atoms with Gasteiger partial charge in [-0.3, -0.25) is 4.79 Å². The van der Waals surface area contributed by atoms with Crippen LogP contribution in [-0.4, -0.2) is 16.0 Å². The van der Waals surface area contributed by atoms with E-state index >= 15 is 0 Å². The van der Waals surface area contributed by atoms with Crippen molar-refractivity contribution in [1.29, 1.82) is 0 Å². The van der Waals surface area contributed by atoms with Gasteiger partial charge in [-0.15, -0.1) is 6.58 Å². The standard InChI is InChI=1S/C28H23ClN2O3S/c1-3-7-20-14-19(15-24(33-4-2)26(20)34-17-18-10-12-21(29)13-11-18)16-25-27(32)31-23-9-6-5-8-22(23)30-28(31)35-25/h3,5-6,8-16H,1,4,7,17H2,2H3. The zero-order valence-electron chi connectivity index (χ0n) is 19.2. The number of benzene rings is 3. The second-order valence-electron chi connectivity index (χ2n) is 7.98. The number of halogens is 1. The molecule has 0 aliphatic rings. The maximum atomic E-state index is 13.2. The van der Waals surface area contributed by atoms with Gasteiger partial charge in [-0.05, 0) is 66.9 Å². The molecule has 0 atom stereocenters. The fraction of sp³-hybridized carbons (Fsp3) is 0.143. The largest absolute Gasteiger partial charge is 0.490 e. The summed E-state index contributed by atoms with van der Waals surface area (Å²) in [6, 6.07) is 19.1. The van der Waals surface area contributed by atoms with Gasteiger partial charge in [-0.1, -0.05) is 53.3 Å². The van der Waals surface area contributed by atoms with Crippen LogP contribution in [0.1, 0.15) is 23.6 Å². The molecular formula is C28H23ClN2O3S. The van der Waals surface area contributed by atoms with Crippen molar-refractivity contribution in [3.05, 3.63) is 110 Å². The number of thiazole rings is 1. The fourth-order valence-electron chi connectivity index (χ4n) is 4.00. The summed E-state index contributed by atoms with van der Waals surface area (Å²) >= 11 is 7.38. The molecule has 176 valence electrons. The molecule has 0 amide bonds. The average Bonchev–Trinajstić information content (AvgIpc) is 3.36. The number of ether oxygens (including phenoxy) is 2. The number of para-hydroxylation sites is 2. The van der Waals surface area contributed by atoms with Crippen LogP contribution in [0, 0.1) is 0 Å². The van der Waals surface area contributed by atoms with E-state index in [1.165, 1.54) is 11.3 Å². The monoisotopic (exact) mass is 502 g/mol. The van der Waals surface area contributed by atoms with E-state index in [1.807, 2.05) is 79.7 Å². The van der Waals surface area contributed by atoms with Crippen LogP contribution in [0.15, 0.2) is 78.1 Å². The second kappa shape index (κ2) is 9.94. The highest BCUT2D eigenvalue weighted by molar-refractivity contribution is 7.15. The van der Waals surface area contributed by atoms with Crippen molar-refractivity contribution in [1.82, 2.24) is 9.38 Å². The van der Waals surface area contributed by atoms with Gasteiger partial charge in [-0.2, -0.15) is 0 Å². The number of aromatic nitrogens is 2. The Morgan fingerprint density at radius 2 is 1.91 bits per heavy atom. The number of rotatable bonds is 8. The Balaban J connectivity index is 1.57. The van der Waals surface area contributed by atoms with E-state index in [-0.39, 0.29) is 5.56 Å². The lowest BCUT2D eigenvalue weighted by molar-refractivity contribution is 0.267. The Kier molecular flexibility index (Phi) is 6.57. The summed E-state index contributed by atoms with van der Waals surface area (Å²) in [6.07, 6.45) is 4.31. The van der Waals surface area contributed by atoms with Crippen LogP contribution >= 0.6 is 22.9 Å². The molecule has 0 bridgehead atoms. The quantitative estimate of drug-likeness (QED) is 0.251. The molecule has 0 saturated carbocycles. The van der Waals surface area contributed by atoms with Gasteiger partial charge in [0.25, 0.3) is 5.56 Å². The molecule has 0 N–H and O–H groups in total. The van der Waals surface area contributed by atoms with E-state index in [0.29, 0.717) is 45.6 Å². The number of nitrogens with zero attached hydrogens (tertiary/aromatic N) is 2. The van der Waals surface area contributed by atoms with E-state index in [2.05, 4.69) is 11.6 Å². The predicted molar refractivity (Wildman–Crippen MR) is 143 cm³/mol. The molecule has 3 aromatic carbocycles. The summed E-state index contributed by atoms with van der Waals surface area (Å²) in [4.78, 5) is 18.5. The predicted octanol–water partition coefficient (Wildman–Crippen LogP) is 5.82. The van der Waals surface area contributed by atoms with Gasteiger partial charge in [0, 0.05) is 10.6 Å². The normalized spacial score (nSPS) is 11.9. The van der Waals surface area contributed by atoms with Gasteiger partial charge in [0.2, 0.25) is 0 Å². The first-order chi connectivity index (χ1) is 17.1. The van der Waals surface area contributed by atoms with E-state index in [9.17, 15) is 4.79 Å². The number of hydrogen-bond donors (Lipinski definition) is 0. The first-order valence-electron chi connectivity index (χ1n) is 11.3. The third kappa shape index (κ3) is 4.67. The minimum Gasteiger partial charge on any atom is -0.490 e. The van der Waals surface area contributed by atoms with E-state index in [1.54, 1.807) is 4.40 Å². The molecular weight excluding hydrogens is 480 g/mol. The smallest absolute Gasteiger partial charge is 0.274 e. The van der Waals surface area contributed by atoms with Crippen LogP contribution in [0.5, 0.6) is 11.5 Å². The van der Waals surface area contributed by atoms with E-state index in [0.717, 1.165) is 27.7 Å². The number of fused-ring (bicyclic) bond motifs is 3. The number of allylic oxidation sites excluding steroid dienone is 1. The van der Waals surface area contributed by atoms with Gasteiger partial charge in [0.15, 0.2) is 16.5 Å². The zero-order valence-corrected chi connectivity index (χ0v) is 20.7. The van der Waals surface area contributed by atoms with Crippen molar-refractivity contribution in [2.24, 2.45) is 0 Å². The summed E-state index contributed by atoms with van der Waals surface area (Å²) in [5.41, 5.74) is 4.35. The van der Waals surface area contributed by atoms with Crippen LogP contribution in [0.2, 0.25) is 5.02 Å². The minimum absolute atomic E-state index is 0.0787. The number of hydrogen-bond acceptors (Lipinski definition) is 5. The van der Waals surface area contributed by atoms with Crippen molar-refractivity contribution >= 4 is 45.0 Å². The summed E-state index contributed by atoms with van der Waals surface area (Å²) in [6.45, 7) is 6.70. The topological polar surface area (TPSA) is 52.8 Å². The van der Waals surface area contributed by atoms with E-state index in [4.69, 9.17) is 21.1 Å². The summed E-state index contributed by atoms with van der Waals surface area (Å²) in [7, 11) is 0. The van der Waals surface area contributed by atoms with Gasteiger partial charge >= 0.3 is 0 Å². The molecule has 2 heterocycles. The molecule has 5 rings (SSSR count). The van der Waals surface area contributed by atoms with E-state index < -0.39 is 0 Å². The first-order valence-corrected chi connectivity index (χ1v) is 12.5. The lowest BCUT2D eigenvalue weighted by Crippen LogP contribution is -2.22. The molecule has 35 heavy (non-hydrogen) atoms. The average molecular weight is 503 g/mol. The molecule has 5 aromatic rings. The molecule has 5 nitrogen and oxygen atoms in total. The second-order valence-corrected chi connectivity index (χ2v) is 9.43. The fourth-order valence-corrected chi connectivity index (χ4v) is 5.11. The maximum absolute atomic E-state index is 13.2. The lowest BCUT2D eigenvalue weighted by atomic mass is 10.1. The molecule has 0 saturated heterocycles. The van der Waals surface area contributed by atoms with Crippen LogP contribution in [0.25, 0.3) is 22.1 Å². The molecule has 0 unspecified atom stereocenters. The Hall–Kier alpha value is -3.61. The molecule has 2 aromatic heterocycles. The lowest BCUT2D eigenvalue weighted by Gasteiger charge is -2.17. The van der Waals surface area contributed by atoms with Gasteiger partial charge in [-0.25, -0.2) is 9.38 Å². The highest BCUT2D eigenvalue weighted by Crippen LogP contribution is 2.35. The van der Waals surface area contributed by atoms with Crippen molar-refractivity contribution in [3.8, 4) is 11.5 Å². The van der Waals surface area contributed by atoms with Gasteiger partial charge in [0.05, 0.1) is 22.2 Å². The van der Waals surface area contributed by atoms with Crippen LogP contribution in [-0.2, 0) is 13.0 Å². The third-order valence-electron chi connectivity index (χ3n) is 5.56. The van der Waals surface area contributed by atoms with Crippen LogP contribution in [0.3, 0.4) is 0 Å². The number of imidazole rings is 1. The highest BCUT2D eigenvalue weighted by atomic mass is 35.5. The Labute approximate surface area is 211 Å². The Morgan fingerprint density at radius 3 is 2.69 bits per heavy atom. The van der Waals surface area contributed by atoms with Crippen molar-refractivity contribution < 1.29 is 9.47 Å². The maximum Gasteiger partial charge on any atom is 0.274 e.